The Kier molecular flexibility index (Phi) is 5.01. The van der Waals surface area contributed by atoms with Gasteiger partial charge >= 0.3 is 0 Å². The summed E-state index contributed by atoms with van der Waals surface area (Å²) >= 11 is 1.43. The van der Waals surface area contributed by atoms with Crippen molar-refractivity contribution in [2.75, 3.05) is 12.4 Å². The van der Waals surface area contributed by atoms with Crippen LogP contribution in [0.3, 0.4) is 0 Å². The van der Waals surface area contributed by atoms with Crippen molar-refractivity contribution in [3.8, 4) is 0 Å². The van der Waals surface area contributed by atoms with Gasteiger partial charge in [0.05, 0.1) is 12.8 Å². The molecule has 6 heteroatoms. The molecule has 0 radical (unpaired) electrons. The van der Waals surface area contributed by atoms with E-state index in [1.165, 1.54) is 11.3 Å². The minimum absolute atomic E-state index is 0.0645. The van der Waals surface area contributed by atoms with E-state index in [2.05, 4.69) is 31.1 Å². The Bertz CT molecular complexity index is 578. The smallest absolute Gasteiger partial charge is 0.274 e. The third kappa shape index (κ3) is 3.64. The summed E-state index contributed by atoms with van der Waals surface area (Å²) in [7, 11) is 1.80. The normalized spacial score (nSPS) is 12.4. The molecule has 0 fully saturated rings. The highest BCUT2D eigenvalue weighted by Crippen LogP contribution is 2.21. The summed E-state index contributed by atoms with van der Waals surface area (Å²) in [5, 5.41) is 5.49. The van der Waals surface area contributed by atoms with Gasteiger partial charge in [-0.05, 0) is 25.0 Å². The van der Waals surface area contributed by atoms with Gasteiger partial charge in [0.2, 0.25) is 0 Å². The highest BCUT2D eigenvalue weighted by Gasteiger charge is 2.26. The average molecular weight is 307 g/mol. The first kappa shape index (κ1) is 15.6. The van der Waals surface area contributed by atoms with Gasteiger partial charge < -0.3 is 14.6 Å². The quantitative estimate of drug-likeness (QED) is 0.888. The number of carbonyl (C=O) groups excluding carboxylic acids is 1. The second kappa shape index (κ2) is 6.76. The van der Waals surface area contributed by atoms with Gasteiger partial charge in [-0.2, -0.15) is 0 Å². The zero-order valence-corrected chi connectivity index (χ0v) is 13.6. The molecule has 1 amide bonds. The monoisotopic (exact) mass is 307 g/mol. The molecule has 0 saturated heterocycles. The van der Waals surface area contributed by atoms with Crippen LogP contribution in [-0.2, 0) is 6.54 Å². The molecule has 2 aromatic heterocycles. The van der Waals surface area contributed by atoms with Crippen LogP contribution in [0.5, 0.6) is 0 Å². The Morgan fingerprint density at radius 3 is 2.76 bits per heavy atom. The summed E-state index contributed by atoms with van der Waals surface area (Å²) in [6.07, 6.45) is 1.62. The number of rotatable bonds is 6. The molecule has 0 unspecified atom stereocenters. The third-order valence-corrected chi connectivity index (χ3v) is 4.42. The number of hydrogen-bond acceptors (Lipinski definition) is 5. The Hall–Kier alpha value is -1.82. The number of hydrogen-bond donors (Lipinski definition) is 1. The molecule has 0 aromatic carbocycles. The standard InChI is InChI=1S/C15H21N3O2S/c1-10(2)11(3)18(8-12-6-5-7-20-12)14(19)13-9-21-15(16-4)17-13/h5-7,9-11H,8H2,1-4H3,(H,16,17)/t11-/m0/s1. The van der Waals surface area contributed by atoms with Crippen LogP contribution in [0.1, 0.15) is 37.0 Å². The molecule has 0 aliphatic rings. The molecule has 0 bridgehead atoms. The fraction of sp³-hybridized carbons (Fsp3) is 0.467. The fourth-order valence-electron chi connectivity index (χ4n) is 1.96. The van der Waals surface area contributed by atoms with E-state index in [0.717, 1.165) is 10.9 Å². The first-order chi connectivity index (χ1) is 10.0. The van der Waals surface area contributed by atoms with Crippen LogP contribution in [0, 0.1) is 5.92 Å². The molecular formula is C15H21N3O2S. The van der Waals surface area contributed by atoms with Crippen molar-refractivity contribution in [1.29, 1.82) is 0 Å². The van der Waals surface area contributed by atoms with Crippen molar-refractivity contribution in [3.05, 3.63) is 35.2 Å². The van der Waals surface area contributed by atoms with Crippen molar-refractivity contribution >= 4 is 22.4 Å². The summed E-state index contributed by atoms with van der Waals surface area (Å²) in [6, 6.07) is 3.82. The van der Waals surface area contributed by atoms with Crippen LogP contribution in [0.15, 0.2) is 28.2 Å². The zero-order valence-electron chi connectivity index (χ0n) is 12.8. The van der Waals surface area contributed by atoms with Gasteiger partial charge in [-0.1, -0.05) is 13.8 Å². The molecule has 0 aliphatic heterocycles. The van der Waals surface area contributed by atoms with Gasteiger partial charge in [-0.15, -0.1) is 11.3 Å². The fourth-order valence-corrected chi connectivity index (χ4v) is 2.61. The average Bonchev–Trinajstić information content (AvgIpc) is 3.14. The van der Waals surface area contributed by atoms with Gasteiger partial charge in [0.1, 0.15) is 11.5 Å². The van der Waals surface area contributed by atoms with E-state index in [4.69, 9.17) is 4.42 Å². The highest BCUT2D eigenvalue weighted by molar-refractivity contribution is 7.13. The van der Waals surface area contributed by atoms with E-state index in [1.807, 2.05) is 17.0 Å². The topological polar surface area (TPSA) is 58.4 Å². The molecule has 114 valence electrons. The van der Waals surface area contributed by atoms with Crippen LogP contribution < -0.4 is 5.32 Å². The first-order valence-electron chi connectivity index (χ1n) is 6.99. The number of thiazole rings is 1. The zero-order chi connectivity index (χ0) is 15.4. The third-order valence-electron chi connectivity index (χ3n) is 3.56. The second-order valence-corrected chi connectivity index (χ2v) is 6.14. The molecule has 1 N–H and O–H groups in total. The number of carbonyl (C=O) groups is 1. The van der Waals surface area contributed by atoms with Crippen LogP contribution in [-0.4, -0.2) is 28.9 Å². The van der Waals surface area contributed by atoms with E-state index in [-0.39, 0.29) is 11.9 Å². The van der Waals surface area contributed by atoms with E-state index in [1.54, 1.807) is 18.7 Å². The largest absolute Gasteiger partial charge is 0.467 e. The lowest BCUT2D eigenvalue weighted by atomic mass is 10.0. The summed E-state index contributed by atoms with van der Waals surface area (Å²) in [6.45, 7) is 6.72. The molecule has 2 rings (SSSR count). The lowest BCUT2D eigenvalue weighted by Crippen LogP contribution is -2.41. The summed E-state index contributed by atoms with van der Waals surface area (Å²) in [5.41, 5.74) is 0.475. The van der Waals surface area contributed by atoms with Gasteiger partial charge in [0, 0.05) is 18.5 Å². The molecule has 2 aromatic rings. The molecule has 21 heavy (non-hydrogen) atoms. The van der Waals surface area contributed by atoms with Crippen LogP contribution in [0.4, 0.5) is 5.13 Å². The summed E-state index contributed by atoms with van der Waals surface area (Å²) < 4.78 is 5.38. The summed E-state index contributed by atoms with van der Waals surface area (Å²) in [4.78, 5) is 18.9. The van der Waals surface area contributed by atoms with E-state index in [9.17, 15) is 4.79 Å². The molecule has 1 atom stereocenters. The van der Waals surface area contributed by atoms with Crippen molar-refractivity contribution in [3.63, 3.8) is 0 Å². The lowest BCUT2D eigenvalue weighted by Gasteiger charge is -2.30. The predicted molar refractivity (Wildman–Crippen MR) is 84.5 cm³/mol. The maximum absolute atomic E-state index is 12.7. The van der Waals surface area contributed by atoms with E-state index in [0.29, 0.717) is 18.2 Å². The number of furan rings is 1. The SMILES string of the molecule is CNc1nc(C(=O)N(Cc2ccco2)[C@@H](C)C(C)C)cs1. The van der Waals surface area contributed by atoms with Gasteiger partial charge in [-0.25, -0.2) is 4.98 Å². The van der Waals surface area contributed by atoms with Crippen molar-refractivity contribution in [2.24, 2.45) is 5.92 Å². The predicted octanol–water partition coefficient (Wildman–Crippen LogP) is 3.46. The van der Waals surface area contributed by atoms with E-state index >= 15 is 0 Å². The molecule has 0 saturated carbocycles. The van der Waals surface area contributed by atoms with Crippen LogP contribution in [0.25, 0.3) is 0 Å². The van der Waals surface area contributed by atoms with Gasteiger partial charge in [0.25, 0.3) is 5.91 Å². The van der Waals surface area contributed by atoms with E-state index < -0.39 is 0 Å². The molecule has 0 spiro atoms. The van der Waals surface area contributed by atoms with Crippen molar-refractivity contribution in [1.82, 2.24) is 9.88 Å². The Labute approximate surface area is 129 Å². The Morgan fingerprint density at radius 2 is 2.24 bits per heavy atom. The van der Waals surface area contributed by atoms with Gasteiger partial charge in [-0.3, -0.25) is 4.79 Å². The minimum atomic E-state index is -0.0645. The lowest BCUT2D eigenvalue weighted by molar-refractivity contribution is 0.0606. The highest BCUT2D eigenvalue weighted by atomic mass is 32.1. The maximum Gasteiger partial charge on any atom is 0.274 e. The number of nitrogens with one attached hydrogen (secondary N) is 1. The maximum atomic E-state index is 12.7. The number of nitrogens with zero attached hydrogens (tertiary/aromatic N) is 2. The van der Waals surface area contributed by atoms with Crippen LogP contribution in [0.2, 0.25) is 0 Å². The van der Waals surface area contributed by atoms with Crippen LogP contribution >= 0.6 is 11.3 Å². The molecular weight excluding hydrogens is 286 g/mol. The van der Waals surface area contributed by atoms with Crippen molar-refractivity contribution in [2.45, 2.75) is 33.4 Å². The second-order valence-electron chi connectivity index (χ2n) is 5.28. The van der Waals surface area contributed by atoms with Crippen molar-refractivity contribution < 1.29 is 9.21 Å². The Morgan fingerprint density at radius 1 is 1.48 bits per heavy atom. The molecule has 5 nitrogen and oxygen atoms in total. The number of anilines is 1. The number of aromatic nitrogens is 1. The first-order valence-corrected chi connectivity index (χ1v) is 7.87. The minimum Gasteiger partial charge on any atom is -0.467 e. The summed E-state index contributed by atoms with van der Waals surface area (Å²) in [5.74, 6) is 1.07. The van der Waals surface area contributed by atoms with Gasteiger partial charge in [0.15, 0.2) is 5.13 Å². The molecule has 2 heterocycles. The molecule has 0 aliphatic carbocycles. The number of amides is 1. The Balaban J connectivity index is 2.23.